The fourth-order valence-electron chi connectivity index (χ4n) is 3.29. The van der Waals surface area contributed by atoms with E-state index in [-0.39, 0.29) is 23.7 Å². The molecule has 2 aromatic rings. The maximum absolute atomic E-state index is 13.0. The highest BCUT2D eigenvalue weighted by molar-refractivity contribution is 7.98. The largest absolute Gasteiger partial charge is 0.438 e. The lowest BCUT2D eigenvalue weighted by molar-refractivity contribution is -0.131. The lowest BCUT2D eigenvalue weighted by atomic mass is 10.0. The number of thioether (sulfide) groups is 1. The van der Waals surface area contributed by atoms with E-state index in [2.05, 4.69) is 24.9 Å². The van der Waals surface area contributed by atoms with Gasteiger partial charge >= 0.3 is 0 Å². The number of aromatic nitrogens is 1. The van der Waals surface area contributed by atoms with Gasteiger partial charge in [0.2, 0.25) is 11.8 Å². The van der Waals surface area contributed by atoms with Crippen LogP contribution in [0.15, 0.2) is 41.4 Å². The fourth-order valence-corrected chi connectivity index (χ4v) is 3.98. The summed E-state index contributed by atoms with van der Waals surface area (Å²) in [6.07, 6.45) is 5.10. The van der Waals surface area contributed by atoms with Gasteiger partial charge in [-0.2, -0.15) is 0 Å². The van der Waals surface area contributed by atoms with Crippen molar-refractivity contribution in [3.05, 3.63) is 42.1 Å². The van der Waals surface area contributed by atoms with Crippen molar-refractivity contribution in [1.82, 2.24) is 20.5 Å². The minimum Gasteiger partial charge on any atom is -0.438 e. The van der Waals surface area contributed by atoms with E-state index in [0.717, 1.165) is 23.0 Å². The van der Waals surface area contributed by atoms with Crippen molar-refractivity contribution < 1.29 is 14.3 Å². The van der Waals surface area contributed by atoms with Gasteiger partial charge in [-0.05, 0) is 55.7 Å². The van der Waals surface area contributed by atoms with Crippen molar-refractivity contribution in [2.45, 2.75) is 23.8 Å². The highest BCUT2D eigenvalue weighted by atomic mass is 32.2. The van der Waals surface area contributed by atoms with Gasteiger partial charge in [-0.25, -0.2) is 4.98 Å². The van der Waals surface area contributed by atoms with E-state index in [1.165, 1.54) is 0 Å². The van der Waals surface area contributed by atoms with Gasteiger partial charge in [0.05, 0.1) is 6.54 Å². The van der Waals surface area contributed by atoms with E-state index in [1.807, 2.05) is 35.4 Å². The first kappa shape index (κ1) is 22.5. The van der Waals surface area contributed by atoms with Gasteiger partial charge in [-0.1, -0.05) is 6.07 Å². The smallest absolute Gasteiger partial charge is 0.257 e. The number of likely N-dealkylation sites (N-methyl/N-ethyl adjacent to an activating group) is 1. The second-order valence-electron chi connectivity index (χ2n) is 7.06. The molecule has 1 fully saturated rings. The second kappa shape index (κ2) is 10.8. The maximum atomic E-state index is 13.0. The van der Waals surface area contributed by atoms with E-state index in [1.54, 1.807) is 31.1 Å². The Bertz CT molecular complexity index is 904. The molecule has 0 aliphatic carbocycles. The minimum atomic E-state index is -0.220. The normalized spacial score (nSPS) is 14.4. The Balaban J connectivity index is 1.67. The number of amides is 2. The highest BCUT2D eigenvalue weighted by Crippen LogP contribution is 2.27. The molecule has 1 atom stereocenters. The molecule has 9 heteroatoms. The topological polar surface area (TPSA) is 83.6 Å². The van der Waals surface area contributed by atoms with E-state index in [4.69, 9.17) is 4.74 Å². The van der Waals surface area contributed by atoms with Crippen LogP contribution in [0.3, 0.4) is 0 Å². The lowest BCUT2D eigenvalue weighted by Gasteiger charge is -2.32. The molecule has 0 spiro atoms. The van der Waals surface area contributed by atoms with E-state index >= 15 is 0 Å². The van der Waals surface area contributed by atoms with Crippen molar-refractivity contribution in [1.29, 1.82) is 0 Å². The van der Waals surface area contributed by atoms with Gasteiger partial charge in [-0.3, -0.25) is 9.59 Å². The summed E-state index contributed by atoms with van der Waals surface area (Å²) in [4.78, 5) is 32.2. The summed E-state index contributed by atoms with van der Waals surface area (Å²) in [6, 6.07) is 9.44. The van der Waals surface area contributed by atoms with Gasteiger partial charge in [0.15, 0.2) is 0 Å². The third-order valence-electron chi connectivity index (χ3n) is 4.88. The molecule has 30 heavy (non-hydrogen) atoms. The quantitative estimate of drug-likeness (QED) is 0.500. The van der Waals surface area contributed by atoms with Crippen LogP contribution in [0.1, 0.15) is 23.2 Å². The van der Waals surface area contributed by atoms with Crippen LogP contribution in [-0.2, 0) is 4.79 Å². The van der Waals surface area contributed by atoms with Crippen LogP contribution in [0.4, 0.5) is 0 Å². The van der Waals surface area contributed by atoms with E-state index < -0.39 is 0 Å². The number of carbonyl (C=O) groups excluding carboxylic acids is 2. The molecule has 1 saturated heterocycles. The van der Waals surface area contributed by atoms with E-state index in [9.17, 15) is 9.59 Å². The van der Waals surface area contributed by atoms with Crippen molar-refractivity contribution in [2.75, 3.05) is 32.9 Å². The molecule has 160 valence electrons. The average Bonchev–Trinajstić information content (AvgIpc) is 2.75. The van der Waals surface area contributed by atoms with Crippen LogP contribution < -0.4 is 20.7 Å². The Morgan fingerprint density at radius 3 is 2.77 bits per heavy atom. The first-order valence-electron chi connectivity index (χ1n) is 9.81. The maximum Gasteiger partial charge on any atom is 0.257 e. The molecule has 1 aromatic carbocycles. The number of likely N-dealkylation sites (tertiary alicyclic amines) is 1. The highest BCUT2D eigenvalue weighted by Gasteiger charge is 2.25. The number of nitrogens with zero attached hydrogens (tertiary/aromatic N) is 2. The molecule has 1 unspecified atom stereocenters. The second-order valence-corrected chi connectivity index (χ2v) is 8.61. The zero-order chi connectivity index (χ0) is 21.5. The van der Waals surface area contributed by atoms with Gasteiger partial charge in [0.25, 0.3) is 5.91 Å². The standard InChI is InChI=1S/C21H27N4O3PS/c1-22-13-19(26)25-8-6-14(7-9-25)24-20(27)18-11-16(29)12-23-21(18)28-15-4-3-5-17(10-15)30-2/h3-5,10-12,14,22H,6-9,13,29H2,1-2H3,(H,24,27). The van der Waals surface area contributed by atoms with Gasteiger partial charge in [0, 0.05) is 30.2 Å². The molecular formula is C21H27N4O3PS. The van der Waals surface area contributed by atoms with Gasteiger partial charge in [0.1, 0.15) is 11.3 Å². The van der Waals surface area contributed by atoms with Crippen LogP contribution in [0.25, 0.3) is 0 Å². The summed E-state index contributed by atoms with van der Waals surface area (Å²) in [6.45, 7) is 1.61. The summed E-state index contributed by atoms with van der Waals surface area (Å²) < 4.78 is 5.94. The molecule has 2 amide bonds. The van der Waals surface area contributed by atoms with Crippen LogP contribution in [0.5, 0.6) is 11.6 Å². The number of hydrogen-bond acceptors (Lipinski definition) is 6. The summed E-state index contributed by atoms with van der Waals surface area (Å²) in [5, 5.41) is 6.76. The predicted octanol–water partition coefficient (Wildman–Crippen LogP) is 2.04. The Morgan fingerprint density at radius 1 is 1.30 bits per heavy atom. The number of benzene rings is 1. The van der Waals surface area contributed by atoms with Crippen LogP contribution in [0.2, 0.25) is 0 Å². The number of nitrogens with one attached hydrogen (secondary N) is 2. The van der Waals surface area contributed by atoms with Crippen LogP contribution in [-0.4, -0.2) is 60.7 Å². The number of carbonyl (C=O) groups is 2. The molecule has 1 aliphatic heterocycles. The molecule has 7 nitrogen and oxygen atoms in total. The predicted molar refractivity (Wildman–Crippen MR) is 123 cm³/mol. The zero-order valence-electron chi connectivity index (χ0n) is 17.2. The average molecular weight is 447 g/mol. The first-order valence-corrected chi connectivity index (χ1v) is 11.6. The number of ether oxygens (including phenoxy) is 1. The molecule has 3 rings (SSSR count). The van der Waals surface area contributed by atoms with Crippen LogP contribution in [0, 0.1) is 0 Å². The molecule has 0 bridgehead atoms. The number of rotatable bonds is 7. The summed E-state index contributed by atoms with van der Waals surface area (Å²) in [5.41, 5.74) is 0.394. The van der Waals surface area contributed by atoms with Crippen molar-refractivity contribution in [3.63, 3.8) is 0 Å². The monoisotopic (exact) mass is 446 g/mol. The number of hydrogen-bond donors (Lipinski definition) is 2. The van der Waals surface area contributed by atoms with Crippen LogP contribution >= 0.6 is 21.0 Å². The molecule has 1 aromatic heterocycles. The minimum absolute atomic E-state index is 0.0111. The molecule has 2 heterocycles. The Morgan fingerprint density at radius 2 is 2.07 bits per heavy atom. The fraction of sp³-hybridized carbons (Fsp3) is 0.381. The summed E-state index contributed by atoms with van der Waals surface area (Å²) in [7, 11) is 4.32. The molecule has 0 radical (unpaired) electrons. The molecule has 0 saturated carbocycles. The third kappa shape index (κ3) is 5.94. The SMILES string of the molecule is CNCC(=O)N1CCC(NC(=O)c2cc(P)cnc2Oc2cccc(SC)c2)CC1. The summed E-state index contributed by atoms with van der Waals surface area (Å²) >= 11 is 1.62. The lowest BCUT2D eigenvalue weighted by Crippen LogP contribution is -2.48. The van der Waals surface area contributed by atoms with Crippen molar-refractivity contribution >= 4 is 38.1 Å². The Hall–Kier alpha value is -2.15. The van der Waals surface area contributed by atoms with Crippen molar-refractivity contribution in [2.24, 2.45) is 0 Å². The molecule has 2 N–H and O–H groups in total. The number of piperidine rings is 1. The first-order chi connectivity index (χ1) is 14.5. The molecule has 1 aliphatic rings. The Kier molecular flexibility index (Phi) is 8.08. The van der Waals surface area contributed by atoms with E-state index in [0.29, 0.717) is 30.9 Å². The Labute approximate surface area is 183 Å². The third-order valence-corrected chi connectivity index (χ3v) is 5.92. The summed E-state index contributed by atoms with van der Waals surface area (Å²) in [5.74, 6) is 0.781. The van der Waals surface area contributed by atoms with Gasteiger partial charge < -0.3 is 20.3 Å². The van der Waals surface area contributed by atoms with Gasteiger partial charge in [-0.15, -0.1) is 21.0 Å². The number of pyridine rings is 1. The molecular weight excluding hydrogens is 419 g/mol. The zero-order valence-corrected chi connectivity index (χ0v) is 19.2. The van der Waals surface area contributed by atoms with Crippen molar-refractivity contribution in [3.8, 4) is 11.6 Å².